The van der Waals surface area contributed by atoms with Gasteiger partial charge in [0.1, 0.15) is 16.3 Å². The molecule has 140 valence electrons. The Balaban J connectivity index is 1.40. The number of rotatable bonds is 5. The summed E-state index contributed by atoms with van der Waals surface area (Å²) >= 11 is 1.61. The second-order valence-electron chi connectivity index (χ2n) is 6.45. The number of benzene rings is 1. The summed E-state index contributed by atoms with van der Waals surface area (Å²) in [5.41, 5.74) is 3.00. The van der Waals surface area contributed by atoms with E-state index < -0.39 is 0 Å². The lowest BCUT2D eigenvalue weighted by atomic mass is 10.1. The Morgan fingerprint density at radius 3 is 2.96 bits per heavy atom. The Bertz CT molecular complexity index is 1150. The highest BCUT2D eigenvalue weighted by molar-refractivity contribution is 7.17. The van der Waals surface area contributed by atoms with Crippen LogP contribution in [0.5, 0.6) is 11.5 Å². The van der Waals surface area contributed by atoms with Gasteiger partial charge < -0.3 is 14.8 Å². The molecule has 1 aliphatic rings. The normalized spacial score (nSPS) is 12.5. The number of ether oxygens (including phenoxy) is 2. The summed E-state index contributed by atoms with van der Waals surface area (Å²) in [6.07, 6.45) is 5.81. The number of anilines is 1. The van der Waals surface area contributed by atoms with Gasteiger partial charge in [0.15, 0.2) is 17.3 Å². The fourth-order valence-corrected chi connectivity index (χ4v) is 4.08. The van der Waals surface area contributed by atoms with Gasteiger partial charge in [-0.2, -0.15) is 0 Å². The van der Waals surface area contributed by atoms with Crippen LogP contribution < -0.4 is 14.8 Å². The predicted octanol–water partition coefficient (Wildman–Crippen LogP) is 3.84. The molecule has 8 heteroatoms. The van der Waals surface area contributed by atoms with Gasteiger partial charge >= 0.3 is 0 Å². The molecule has 0 radical (unpaired) electrons. The van der Waals surface area contributed by atoms with Crippen LogP contribution in [0.15, 0.2) is 42.2 Å². The molecule has 5 rings (SSSR count). The lowest BCUT2D eigenvalue weighted by Gasteiger charge is -2.10. The van der Waals surface area contributed by atoms with E-state index in [0.717, 1.165) is 46.1 Å². The van der Waals surface area contributed by atoms with E-state index in [2.05, 4.69) is 38.6 Å². The van der Waals surface area contributed by atoms with Crippen molar-refractivity contribution in [3.8, 4) is 23.0 Å². The van der Waals surface area contributed by atoms with Gasteiger partial charge in [-0.15, -0.1) is 11.3 Å². The molecular formula is C20H17N5O2S. The van der Waals surface area contributed by atoms with E-state index in [0.29, 0.717) is 18.3 Å². The van der Waals surface area contributed by atoms with E-state index in [4.69, 9.17) is 14.5 Å². The van der Waals surface area contributed by atoms with E-state index in [1.54, 1.807) is 29.9 Å². The van der Waals surface area contributed by atoms with Crippen LogP contribution >= 0.6 is 11.3 Å². The first-order chi connectivity index (χ1) is 13.8. The number of thiophene rings is 1. The third-order valence-electron chi connectivity index (χ3n) is 4.55. The molecular weight excluding hydrogens is 374 g/mol. The van der Waals surface area contributed by atoms with Gasteiger partial charge in [0, 0.05) is 18.9 Å². The zero-order valence-corrected chi connectivity index (χ0v) is 16.0. The summed E-state index contributed by atoms with van der Waals surface area (Å²) in [5, 5.41) is 6.63. The van der Waals surface area contributed by atoms with Crippen LogP contribution in [0.3, 0.4) is 0 Å². The third kappa shape index (κ3) is 3.11. The molecule has 0 aliphatic carbocycles. The molecule has 0 saturated heterocycles. The molecule has 1 N–H and O–H groups in total. The molecule has 28 heavy (non-hydrogen) atoms. The zero-order chi connectivity index (χ0) is 18.9. The maximum atomic E-state index is 5.46. The molecule has 4 heterocycles. The summed E-state index contributed by atoms with van der Waals surface area (Å²) in [7, 11) is 0. The maximum Gasteiger partial charge on any atom is 0.231 e. The molecule has 0 amide bonds. The number of nitrogens with zero attached hydrogens (tertiary/aromatic N) is 4. The summed E-state index contributed by atoms with van der Waals surface area (Å²) in [6, 6.07) is 6.04. The largest absolute Gasteiger partial charge is 0.454 e. The number of hydrogen-bond acceptors (Lipinski definition) is 8. The highest BCUT2D eigenvalue weighted by Crippen LogP contribution is 2.33. The average molecular weight is 391 g/mol. The SMILES string of the molecule is Cc1csc2nc(-c3cnccn3)nc(NCCc3ccc4c(c3)OCO4)c12. The van der Waals surface area contributed by atoms with Crippen LogP contribution in [-0.4, -0.2) is 33.3 Å². The fourth-order valence-electron chi connectivity index (χ4n) is 3.16. The predicted molar refractivity (Wildman–Crippen MR) is 108 cm³/mol. The molecule has 0 saturated carbocycles. The molecule has 0 spiro atoms. The fraction of sp³-hybridized carbons (Fsp3) is 0.200. The van der Waals surface area contributed by atoms with Gasteiger partial charge in [-0.25, -0.2) is 15.0 Å². The quantitative estimate of drug-likeness (QED) is 0.553. The van der Waals surface area contributed by atoms with Gasteiger partial charge in [0.25, 0.3) is 0 Å². The van der Waals surface area contributed by atoms with Crippen LogP contribution in [-0.2, 0) is 6.42 Å². The lowest BCUT2D eigenvalue weighted by Crippen LogP contribution is -2.08. The standard InChI is InChI=1S/C20H17N5O2S/c1-12-10-28-20-17(12)19(24-18(25-20)14-9-21-6-7-22-14)23-5-4-13-2-3-15-16(8-13)27-11-26-15/h2-3,6-10H,4-5,11H2,1H3,(H,23,24,25). The van der Waals surface area contributed by atoms with Crippen molar-refractivity contribution in [2.24, 2.45) is 0 Å². The minimum absolute atomic E-state index is 0.290. The van der Waals surface area contributed by atoms with Crippen molar-refractivity contribution < 1.29 is 9.47 Å². The number of nitrogens with one attached hydrogen (secondary N) is 1. The third-order valence-corrected chi connectivity index (χ3v) is 5.54. The summed E-state index contributed by atoms with van der Waals surface area (Å²) in [4.78, 5) is 18.8. The second-order valence-corrected chi connectivity index (χ2v) is 7.31. The van der Waals surface area contributed by atoms with Crippen molar-refractivity contribution in [1.29, 1.82) is 0 Å². The number of fused-ring (bicyclic) bond motifs is 2. The Hall–Kier alpha value is -3.26. The Morgan fingerprint density at radius 2 is 2.07 bits per heavy atom. The van der Waals surface area contributed by atoms with Crippen LogP contribution in [0.25, 0.3) is 21.7 Å². The smallest absolute Gasteiger partial charge is 0.231 e. The molecule has 4 aromatic rings. The van der Waals surface area contributed by atoms with Crippen molar-refractivity contribution in [1.82, 2.24) is 19.9 Å². The number of aromatic nitrogens is 4. The molecule has 0 unspecified atom stereocenters. The molecule has 7 nitrogen and oxygen atoms in total. The first-order valence-corrected chi connectivity index (χ1v) is 9.80. The zero-order valence-electron chi connectivity index (χ0n) is 15.2. The maximum absolute atomic E-state index is 5.46. The Labute approximate surface area is 165 Å². The molecule has 1 aromatic carbocycles. The Morgan fingerprint density at radius 1 is 1.14 bits per heavy atom. The lowest BCUT2D eigenvalue weighted by molar-refractivity contribution is 0.174. The van der Waals surface area contributed by atoms with Crippen molar-refractivity contribution in [3.05, 3.63) is 53.3 Å². The van der Waals surface area contributed by atoms with E-state index in [1.807, 2.05) is 12.1 Å². The highest BCUT2D eigenvalue weighted by atomic mass is 32.1. The summed E-state index contributed by atoms with van der Waals surface area (Å²) in [6.45, 7) is 3.10. The first kappa shape index (κ1) is 16.9. The summed E-state index contributed by atoms with van der Waals surface area (Å²) < 4.78 is 10.8. The average Bonchev–Trinajstić information content (AvgIpc) is 3.35. The van der Waals surface area contributed by atoms with Gasteiger partial charge in [0.2, 0.25) is 6.79 Å². The monoisotopic (exact) mass is 391 g/mol. The van der Waals surface area contributed by atoms with Crippen molar-refractivity contribution in [2.45, 2.75) is 13.3 Å². The van der Waals surface area contributed by atoms with Crippen LogP contribution in [0.1, 0.15) is 11.1 Å². The van der Waals surface area contributed by atoms with Crippen LogP contribution in [0, 0.1) is 6.92 Å². The molecule has 1 aliphatic heterocycles. The van der Waals surface area contributed by atoms with E-state index >= 15 is 0 Å². The van der Waals surface area contributed by atoms with Crippen molar-refractivity contribution in [2.75, 3.05) is 18.7 Å². The van der Waals surface area contributed by atoms with Gasteiger partial charge in [-0.3, -0.25) is 4.98 Å². The minimum Gasteiger partial charge on any atom is -0.454 e. The van der Waals surface area contributed by atoms with Gasteiger partial charge in [0.05, 0.1) is 11.6 Å². The van der Waals surface area contributed by atoms with E-state index in [9.17, 15) is 0 Å². The minimum atomic E-state index is 0.290. The topological polar surface area (TPSA) is 82.1 Å². The molecule has 0 bridgehead atoms. The van der Waals surface area contributed by atoms with E-state index in [1.165, 1.54) is 5.56 Å². The first-order valence-electron chi connectivity index (χ1n) is 8.92. The second kappa shape index (κ2) is 7.05. The van der Waals surface area contributed by atoms with Gasteiger partial charge in [-0.05, 0) is 42.0 Å². The van der Waals surface area contributed by atoms with Crippen molar-refractivity contribution >= 4 is 27.4 Å². The van der Waals surface area contributed by atoms with Crippen LogP contribution in [0.4, 0.5) is 5.82 Å². The number of hydrogen-bond donors (Lipinski definition) is 1. The van der Waals surface area contributed by atoms with Gasteiger partial charge in [-0.1, -0.05) is 6.07 Å². The Kier molecular flexibility index (Phi) is 4.25. The molecule has 3 aromatic heterocycles. The van der Waals surface area contributed by atoms with Crippen molar-refractivity contribution in [3.63, 3.8) is 0 Å². The molecule has 0 fully saturated rings. The molecule has 0 atom stereocenters. The summed E-state index contributed by atoms with van der Waals surface area (Å²) in [5.74, 6) is 3.01. The van der Waals surface area contributed by atoms with Crippen LogP contribution in [0.2, 0.25) is 0 Å². The van der Waals surface area contributed by atoms with E-state index in [-0.39, 0.29) is 0 Å². The highest BCUT2D eigenvalue weighted by Gasteiger charge is 2.15. The number of aryl methyl sites for hydroxylation is 1.